The summed E-state index contributed by atoms with van der Waals surface area (Å²) in [7, 11) is 0. The van der Waals surface area contributed by atoms with Crippen LogP contribution in [0, 0.1) is 0 Å². The van der Waals surface area contributed by atoms with E-state index in [1.165, 1.54) is 4.90 Å². The molecule has 1 aliphatic carbocycles. The maximum Gasteiger partial charge on any atom is 0.407 e. The van der Waals surface area contributed by atoms with Crippen molar-refractivity contribution in [2.75, 3.05) is 13.2 Å². The molecular weight excluding hydrogens is 384 g/mol. The third kappa shape index (κ3) is 3.51. The van der Waals surface area contributed by atoms with Crippen LogP contribution in [0.15, 0.2) is 48.5 Å². The summed E-state index contributed by atoms with van der Waals surface area (Å²) in [5, 5.41) is 11.8. The number of hydrogen-bond donors (Lipinski definition) is 2. The van der Waals surface area contributed by atoms with Crippen LogP contribution in [-0.2, 0) is 14.3 Å². The molecule has 2 aromatic carbocycles. The number of aliphatic carboxylic acids is 1. The topological polar surface area (TPSA) is 95.9 Å². The number of fused-ring (bicyclic) bond motifs is 3. The van der Waals surface area contributed by atoms with Crippen molar-refractivity contribution in [3.63, 3.8) is 0 Å². The predicted molar refractivity (Wildman–Crippen MR) is 110 cm³/mol. The zero-order chi connectivity index (χ0) is 21.3. The van der Waals surface area contributed by atoms with Crippen molar-refractivity contribution in [3.05, 3.63) is 59.7 Å². The van der Waals surface area contributed by atoms with E-state index in [0.29, 0.717) is 19.4 Å². The van der Waals surface area contributed by atoms with Gasteiger partial charge >= 0.3 is 12.1 Å². The lowest BCUT2D eigenvalue weighted by molar-refractivity contribution is -0.158. The zero-order valence-corrected chi connectivity index (χ0v) is 16.7. The number of carboxylic acids is 1. The highest BCUT2D eigenvalue weighted by atomic mass is 16.5. The van der Waals surface area contributed by atoms with Crippen molar-refractivity contribution in [1.82, 2.24) is 10.2 Å². The third-order valence-electron chi connectivity index (χ3n) is 5.93. The Balaban J connectivity index is 1.40. The van der Waals surface area contributed by atoms with Crippen molar-refractivity contribution < 1.29 is 24.2 Å². The molecule has 1 saturated heterocycles. The van der Waals surface area contributed by atoms with E-state index in [2.05, 4.69) is 17.4 Å². The summed E-state index contributed by atoms with van der Waals surface area (Å²) < 4.78 is 5.49. The van der Waals surface area contributed by atoms with Crippen molar-refractivity contribution in [2.24, 2.45) is 0 Å². The van der Waals surface area contributed by atoms with Crippen molar-refractivity contribution >= 4 is 18.0 Å². The zero-order valence-electron chi connectivity index (χ0n) is 16.7. The minimum atomic E-state index is -1.02. The Morgan fingerprint density at radius 2 is 1.70 bits per heavy atom. The Hall–Kier alpha value is -3.35. The predicted octanol–water partition coefficient (Wildman–Crippen LogP) is 2.99. The SMILES string of the molecule is CC[C@@H](NC(=O)OCC1c2ccccc2-c2ccccc21)C(=O)N1CCC1C(=O)O. The van der Waals surface area contributed by atoms with Crippen LogP contribution in [0.5, 0.6) is 0 Å². The van der Waals surface area contributed by atoms with Gasteiger partial charge in [-0.1, -0.05) is 55.5 Å². The number of amides is 2. The maximum absolute atomic E-state index is 12.6. The summed E-state index contributed by atoms with van der Waals surface area (Å²) in [6, 6.07) is 14.5. The molecule has 0 spiro atoms. The van der Waals surface area contributed by atoms with Gasteiger partial charge in [-0.25, -0.2) is 9.59 Å². The number of likely N-dealkylation sites (tertiary alicyclic amines) is 1. The van der Waals surface area contributed by atoms with Gasteiger partial charge in [0.15, 0.2) is 0 Å². The molecule has 7 heteroatoms. The largest absolute Gasteiger partial charge is 0.480 e. The van der Waals surface area contributed by atoms with E-state index in [4.69, 9.17) is 9.84 Å². The van der Waals surface area contributed by atoms with Gasteiger partial charge in [0.05, 0.1) is 0 Å². The summed E-state index contributed by atoms with van der Waals surface area (Å²) in [6.07, 6.45) is 0.110. The van der Waals surface area contributed by atoms with Crippen LogP contribution < -0.4 is 5.32 Å². The molecule has 0 radical (unpaired) electrons. The van der Waals surface area contributed by atoms with Gasteiger partial charge in [0.2, 0.25) is 5.91 Å². The molecule has 4 rings (SSSR count). The first-order valence-electron chi connectivity index (χ1n) is 10.2. The summed E-state index contributed by atoms with van der Waals surface area (Å²) in [5.41, 5.74) is 4.50. The van der Waals surface area contributed by atoms with Crippen LogP contribution in [0.25, 0.3) is 11.1 Å². The Labute approximate surface area is 174 Å². The Morgan fingerprint density at radius 3 is 2.20 bits per heavy atom. The Kier molecular flexibility index (Phi) is 5.44. The average molecular weight is 408 g/mol. The lowest BCUT2D eigenvalue weighted by atomic mass is 9.98. The summed E-state index contributed by atoms with van der Waals surface area (Å²) in [4.78, 5) is 37.5. The molecule has 2 atom stereocenters. The summed E-state index contributed by atoms with van der Waals surface area (Å²) in [5.74, 6) is -1.47. The number of hydrogen-bond acceptors (Lipinski definition) is 4. The molecule has 1 aliphatic heterocycles. The van der Waals surface area contributed by atoms with E-state index >= 15 is 0 Å². The van der Waals surface area contributed by atoms with E-state index < -0.39 is 24.1 Å². The number of carbonyl (C=O) groups excluding carboxylic acids is 2. The maximum atomic E-state index is 12.6. The second-order valence-electron chi connectivity index (χ2n) is 7.61. The third-order valence-corrected chi connectivity index (χ3v) is 5.93. The smallest absolute Gasteiger partial charge is 0.407 e. The number of nitrogens with one attached hydrogen (secondary N) is 1. The number of nitrogens with zero attached hydrogens (tertiary/aromatic N) is 1. The minimum absolute atomic E-state index is 0.0642. The fraction of sp³-hybridized carbons (Fsp3) is 0.348. The van der Waals surface area contributed by atoms with E-state index in [-0.39, 0.29) is 18.4 Å². The lowest BCUT2D eigenvalue weighted by Gasteiger charge is -2.39. The van der Waals surface area contributed by atoms with Gasteiger partial charge in [0.1, 0.15) is 18.7 Å². The molecule has 0 saturated carbocycles. The number of carboxylic acid groups (broad SMARTS) is 1. The number of carbonyl (C=O) groups is 3. The highest BCUT2D eigenvalue weighted by molar-refractivity contribution is 5.90. The molecule has 0 bridgehead atoms. The van der Waals surface area contributed by atoms with E-state index in [1.807, 2.05) is 36.4 Å². The van der Waals surface area contributed by atoms with E-state index in [9.17, 15) is 14.4 Å². The van der Waals surface area contributed by atoms with Crippen molar-refractivity contribution in [3.8, 4) is 11.1 Å². The normalized spacial score (nSPS) is 18.0. The summed E-state index contributed by atoms with van der Waals surface area (Å²) in [6.45, 7) is 2.31. The average Bonchev–Trinajstić information content (AvgIpc) is 3.03. The Morgan fingerprint density at radius 1 is 1.10 bits per heavy atom. The highest BCUT2D eigenvalue weighted by Gasteiger charge is 2.40. The van der Waals surface area contributed by atoms with Gasteiger partial charge in [-0.2, -0.15) is 0 Å². The second kappa shape index (κ2) is 8.18. The first-order valence-corrected chi connectivity index (χ1v) is 10.2. The first kappa shape index (κ1) is 19.9. The van der Waals surface area contributed by atoms with Gasteiger partial charge in [-0.3, -0.25) is 4.79 Å². The van der Waals surface area contributed by atoms with Crippen LogP contribution in [0.4, 0.5) is 4.79 Å². The quantitative estimate of drug-likeness (QED) is 0.766. The minimum Gasteiger partial charge on any atom is -0.480 e. The lowest BCUT2D eigenvalue weighted by Crippen LogP contribution is -2.60. The highest BCUT2D eigenvalue weighted by Crippen LogP contribution is 2.44. The van der Waals surface area contributed by atoms with Crippen LogP contribution in [0.3, 0.4) is 0 Å². The van der Waals surface area contributed by atoms with E-state index in [1.54, 1.807) is 6.92 Å². The van der Waals surface area contributed by atoms with E-state index in [0.717, 1.165) is 22.3 Å². The fourth-order valence-corrected chi connectivity index (χ4v) is 4.23. The molecule has 0 aromatic heterocycles. The molecule has 2 aliphatic rings. The van der Waals surface area contributed by atoms with Gasteiger partial charge in [-0.15, -0.1) is 0 Å². The molecule has 156 valence electrons. The molecule has 1 fully saturated rings. The van der Waals surface area contributed by atoms with Crippen molar-refractivity contribution in [1.29, 1.82) is 0 Å². The van der Waals surface area contributed by atoms with Crippen LogP contribution in [0.1, 0.15) is 36.8 Å². The van der Waals surface area contributed by atoms with Gasteiger partial charge in [0, 0.05) is 12.5 Å². The van der Waals surface area contributed by atoms with Crippen molar-refractivity contribution in [2.45, 2.75) is 37.8 Å². The Bertz CT molecular complexity index is 944. The molecule has 2 N–H and O–H groups in total. The van der Waals surface area contributed by atoms with Gasteiger partial charge in [0.25, 0.3) is 0 Å². The monoisotopic (exact) mass is 408 g/mol. The van der Waals surface area contributed by atoms with Gasteiger partial charge < -0.3 is 20.1 Å². The molecule has 1 unspecified atom stereocenters. The molecule has 2 aromatic rings. The first-order chi connectivity index (χ1) is 14.5. The molecule has 7 nitrogen and oxygen atoms in total. The number of alkyl carbamates (subject to hydrolysis) is 1. The fourth-order valence-electron chi connectivity index (χ4n) is 4.23. The molecule has 2 amide bonds. The second-order valence-corrected chi connectivity index (χ2v) is 7.61. The molecular formula is C23H24N2O5. The molecule has 30 heavy (non-hydrogen) atoms. The van der Waals surface area contributed by atoms with Gasteiger partial charge in [-0.05, 0) is 35.1 Å². The standard InChI is InChI=1S/C23H24N2O5/c1-2-19(21(26)25-12-11-20(25)22(27)28)24-23(29)30-13-18-16-9-5-3-7-14(16)15-8-4-6-10-17(15)18/h3-10,18-20H,2,11-13H2,1H3,(H,24,29)(H,27,28)/t19-,20?/m1/s1. The van der Waals surface area contributed by atoms with Crippen LogP contribution >= 0.6 is 0 Å². The number of benzene rings is 2. The van der Waals surface area contributed by atoms with Crippen LogP contribution in [-0.4, -0.2) is 53.2 Å². The summed E-state index contributed by atoms with van der Waals surface area (Å²) >= 11 is 0. The number of rotatable bonds is 6. The van der Waals surface area contributed by atoms with Crippen LogP contribution in [0.2, 0.25) is 0 Å². The number of ether oxygens (including phenoxy) is 1. The molecule has 1 heterocycles.